The summed E-state index contributed by atoms with van der Waals surface area (Å²) in [5, 5.41) is 13.6. The molecule has 2 aromatic carbocycles. The topological polar surface area (TPSA) is 66.4 Å². The van der Waals surface area contributed by atoms with Crippen molar-refractivity contribution < 1.29 is 14.7 Å². The Labute approximate surface area is 122 Å². The molecule has 0 bridgehead atoms. The van der Waals surface area contributed by atoms with Gasteiger partial charge in [0.2, 0.25) is 11.8 Å². The van der Waals surface area contributed by atoms with Crippen molar-refractivity contribution in [3.8, 4) is 0 Å². The SMILES string of the molecule is O=C1CC(C(O)(c2ccccc2)c2ccccc2)C(=O)N1. The summed E-state index contributed by atoms with van der Waals surface area (Å²) in [5.74, 6) is -1.61. The summed E-state index contributed by atoms with van der Waals surface area (Å²) >= 11 is 0. The molecule has 2 amide bonds. The standard InChI is InChI=1S/C17H15NO3/c19-15-11-14(16(20)18-15)17(21,12-7-3-1-4-8-12)13-9-5-2-6-10-13/h1-10,14,21H,11H2,(H,18,19,20). The van der Waals surface area contributed by atoms with Gasteiger partial charge < -0.3 is 5.11 Å². The van der Waals surface area contributed by atoms with Gasteiger partial charge in [-0.1, -0.05) is 60.7 Å². The van der Waals surface area contributed by atoms with Gasteiger partial charge in [0.25, 0.3) is 0 Å². The van der Waals surface area contributed by atoms with Gasteiger partial charge in [-0.25, -0.2) is 0 Å². The van der Waals surface area contributed by atoms with Crippen LogP contribution in [0.3, 0.4) is 0 Å². The number of benzene rings is 2. The zero-order valence-corrected chi connectivity index (χ0v) is 11.3. The van der Waals surface area contributed by atoms with Crippen molar-refractivity contribution in [1.82, 2.24) is 5.32 Å². The molecule has 106 valence electrons. The molecule has 0 radical (unpaired) electrons. The van der Waals surface area contributed by atoms with Crippen LogP contribution >= 0.6 is 0 Å². The number of hydrogen-bond donors (Lipinski definition) is 2. The van der Waals surface area contributed by atoms with Crippen molar-refractivity contribution in [3.05, 3.63) is 71.8 Å². The van der Waals surface area contributed by atoms with Crippen LogP contribution in [0.25, 0.3) is 0 Å². The van der Waals surface area contributed by atoms with Crippen LogP contribution in [0.5, 0.6) is 0 Å². The van der Waals surface area contributed by atoms with Gasteiger partial charge in [0.05, 0.1) is 5.92 Å². The second kappa shape index (κ2) is 5.14. The van der Waals surface area contributed by atoms with Crippen LogP contribution < -0.4 is 5.32 Å². The fourth-order valence-electron chi connectivity index (χ4n) is 2.84. The van der Waals surface area contributed by atoms with E-state index in [9.17, 15) is 14.7 Å². The van der Waals surface area contributed by atoms with E-state index in [0.717, 1.165) is 0 Å². The third-order valence-electron chi connectivity index (χ3n) is 3.90. The van der Waals surface area contributed by atoms with E-state index >= 15 is 0 Å². The number of hydrogen-bond acceptors (Lipinski definition) is 3. The van der Waals surface area contributed by atoms with Gasteiger partial charge >= 0.3 is 0 Å². The highest BCUT2D eigenvalue weighted by molar-refractivity contribution is 6.04. The first-order valence-electron chi connectivity index (χ1n) is 6.79. The van der Waals surface area contributed by atoms with Crippen molar-refractivity contribution in [2.45, 2.75) is 12.0 Å². The van der Waals surface area contributed by atoms with E-state index in [1.54, 1.807) is 48.5 Å². The molecule has 1 fully saturated rings. The van der Waals surface area contributed by atoms with E-state index in [1.807, 2.05) is 12.1 Å². The lowest BCUT2D eigenvalue weighted by Crippen LogP contribution is -2.40. The number of rotatable bonds is 3. The Balaban J connectivity index is 2.16. The van der Waals surface area contributed by atoms with Gasteiger partial charge in [-0.05, 0) is 11.1 Å². The fraction of sp³-hybridized carbons (Fsp3) is 0.176. The summed E-state index contributed by atoms with van der Waals surface area (Å²) in [6.45, 7) is 0. The van der Waals surface area contributed by atoms with Gasteiger partial charge in [-0.2, -0.15) is 0 Å². The first kappa shape index (κ1) is 13.5. The van der Waals surface area contributed by atoms with Gasteiger partial charge in [0.15, 0.2) is 0 Å². The molecule has 1 unspecified atom stereocenters. The minimum Gasteiger partial charge on any atom is -0.380 e. The lowest BCUT2D eigenvalue weighted by molar-refractivity contribution is -0.129. The minimum atomic E-state index is -1.52. The van der Waals surface area contributed by atoms with Crippen molar-refractivity contribution in [3.63, 3.8) is 0 Å². The summed E-state index contributed by atoms with van der Waals surface area (Å²) in [6.07, 6.45) is -0.0148. The summed E-state index contributed by atoms with van der Waals surface area (Å²) in [6, 6.07) is 18.0. The summed E-state index contributed by atoms with van der Waals surface area (Å²) < 4.78 is 0. The third kappa shape index (κ3) is 2.23. The van der Waals surface area contributed by atoms with Crippen LogP contribution in [-0.4, -0.2) is 16.9 Å². The number of carbonyl (C=O) groups is 2. The zero-order valence-electron chi connectivity index (χ0n) is 11.3. The highest BCUT2D eigenvalue weighted by atomic mass is 16.3. The van der Waals surface area contributed by atoms with E-state index in [2.05, 4.69) is 5.32 Å². The van der Waals surface area contributed by atoms with E-state index in [4.69, 9.17) is 0 Å². The lowest BCUT2D eigenvalue weighted by atomic mass is 9.75. The predicted octanol–water partition coefficient (Wildman–Crippen LogP) is 1.59. The smallest absolute Gasteiger partial charge is 0.233 e. The Morgan fingerprint density at radius 2 is 1.38 bits per heavy atom. The molecule has 1 heterocycles. The molecule has 21 heavy (non-hydrogen) atoms. The fourth-order valence-corrected chi connectivity index (χ4v) is 2.84. The summed E-state index contributed by atoms with van der Waals surface area (Å²) in [7, 11) is 0. The van der Waals surface area contributed by atoms with E-state index in [0.29, 0.717) is 11.1 Å². The van der Waals surface area contributed by atoms with Crippen molar-refractivity contribution in [2.24, 2.45) is 5.92 Å². The molecule has 0 saturated carbocycles. The summed E-state index contributed by atoms with van der Waals surface area (Å²) in [5.41, 5.74) is -0.309. The molecule has 3 rings (SSSR count). The molecule has 0 aromatic heterocycles. The van der Waals surface area contributed by atoms with Crippen LogP contribution in [0.4, 0.5) is 0 Å². The van der Waals surface area contributed by atoms with Crippen LogP contribution in [-0.2, 0) is 15.2 Å². The first-order valence-corrected chi connectivity index (χ1v) is 6.79. The van der Waals surface area contributed by atoms with Gasteiger partial charge in [-0.3, -0.25) is 14.9 Å². The largest absolute Gasteiger partial charge is 0.380 e. The van der Waals surface area contributed by atoms with Crippen LogP contribution in [0.2, 0.25) is 0 Å². The Bertz CT molecular complexity index is 627. The highest BCUT2D eigenvalue weighted by Gasteiger charge is 2.48. The number of amides is 2. The molecule has 1 atom stereocenters. The van der Waals surface area contributed by atoms with E-state index < -0.39 is 17.4 Å². The van der Waals surface area contributed by atoms with Crippen molar-refractivity contribution in [1.29, 1.82) is 0 Å². The van der Waals surface area contributed by atoms with Crippen LogP contribution in [0, 0.1) is 5.92 Å². The van der Waals surface area contributed by atoms with Crippen LogP contribution in [0.1, 0.15) is 17.5 Å². The van der Waals surface area contributed by atoms with E-state index in [-0.39, 0.29) is 12.3 Å². The van der Waals surface area contributed by atoms with Gasteiger partial charge in [-0.15, -0.1) is 0 Å². The Kier molecular flexibility index (Phi) is 3.31. The van der Waals surface area contributed by atoms with Gasteiger partial charge in [0.1, 0.15) is 5.60 Å². The second-order valence-electron chi connectivity index (χ2n) is 5.17. The average molecular weight is 281 g/mol. The number of imide groups is 1. The average Bonchev–Trinajstić information content (AvgIpc) is 2.87. The monoisotopic (exact) mass is 281 g/mol. The first-order chi connectivity index (χ1) is 10.1. The van der Waals surface area contributed by atoms with Crippen molar-refractivity contribution >= 4 is 11.8 Å². The number of carbonyl (C=O) groups excluding carboxylic acids is 2. The molecular formula is C17H15NO3. The predicted molar refractivity (Wildman–Crippen MR) is 77.1 cm³/mol. The molecule has 1 aliphatic rings. The maximum atomic E-state index is 12.1. The normalized spacial score (nSPS) is 18.6. The zero-order chi connectivity index (χ0) is 14.9. The quantitative estimate of drug-likeness (QED) is 0.840. The third-order valence-corrected chi connectivity index (χ3v) is 3.90. The molecule has 4 nitrogen and oxygen atoms in total. The molecule has 1 aliphatic heterocycles. The van der Waals surface area contributed by atoms with Gasteiger partial charge in [0, 0.05) is 6.42 Å². The highest BCUT2D eigenvalue weighted by Crippen LogP contribution is 2.40. The van der Waals surface area contributed by atoms with Crippen LogP contribution in [0.15, 0.2) is 60.7 Å². The Hall–Kier alpha value is -2.46. The molecule has 2 N–H and O–H groups in total. The summed E-state index contributed by atoms with van der Waals surface area (Å²) in [4.78, 5) is 23.6. The Morgan fingerprint density at radius 3 is 1.76 bits per heavy atom. The maximum absolute atomic E-state index is 12.1. The molecule has 1 saturated heterocycles. The van der Waals surface area contributed by atoms with Crippen molar-refractivity contribution in [2.75, 3.05) is 0 Å². The maximum Gasteiger partial charge on any atom is 0.233 e. The molecular weight excluding hydrogens is 266 g/mol. The molecule has 0 aliphatic carbocycles. The minimum absolute atomic E-state index is 0.0148. The molecule has 4 heteroatoms. The molecule has 2 aromatic rings. The number of aliphatic hydroxyl groups is 1. The number of nitrogens with one attached hydrogen (secondary N) is 1. The Morgan fingerprint density at radius 1 is 0.905 bits per heavy atom. The second-order valence-corrected chi connectivity index (χ2v) is 5.17. The van der Waals surface area contributed by atoms with E-state index in [1.165, 1.54) is 0 Å². The molecule has 0 spiro atoms. The lowest BCUT2D eigenvalue weighted by Gasteiger charge is -2.33.